The summed E-state index contributed by atoms with van der Waals surface area (Å²) in [6.07, 6.45) is 0.347. The third-order valence-electron chi connectivity index (χ3n) is 2.64. The van der Waals surface area contributed by atoms with Crippen molar-refractivity contribution < 1.29 is 20.1 Å². The van der Waals surface area contributed by atoms with E-state index >= 15 is 0 Å². The molecule has 0 aromatic heterocycles. The summed E-state index contributed by atoms with van der Waals surface area (Å²) in [7, 11) is 0. The van der Waals surface area contributed by atoms with Crippen LogP contribution in [0.2, 0.25) is 0 Å². The molecule has 0 unspecified atom stereocenters. The molecule has 0 aliphatic carbocycles. The van der Waals surface area contributed by atoms with Gasteiger partial charge in [0.1, 0.15) is 0 Å². The SMILES string of the molecule is O=C(c1ccccc1C#CCCO)N(CCO)CCO. The zero-order chi connectivity index (χ0) is 14.8. The van der Waals surface area contributed by atoms with E-state index in [2.05, 4.69) is 11.8 Å². The Balaban J connectivity index is 2.99. The Morgan fingerprint density at radius 1 is 1.05 bits per heavy atom. The Labute approximate surface area is 118 Å². The van der Waals surface area contributed by atoms with Gasteiger partial charge in [0, 0.05) is 25.1 Å². The number of aliphatic hydroxyl groups is 3. The monoisotopic (exact) mass is 277 g/mol. The predicted molar refractivity (Wildman–Crippen MR) is 75.1 cm³/mol. The van der Waals surface area contributed by atoms with Crippen LogP contribution < -0.4 is 0 Å². The van der Waals surface area contributed by atoms with Crippen molar-refractivity contribution in [3.05, 3.63) is 35.4 Å². The standard InChI is InChI=1S/C15H19NO4/c17-10-4-3-6-13-5-1-2-7-14(13)15(20)16(8-11-18)9-12-19/h1-2,5,7,17-19H,4,8-12H2. The molecule has 5 nitrogen and oxygen atoms in total. The van der Waals surface area contributed by atoms with Crippen LogP contribution in [0.25, 0.3) is 0 Å². The number of benzene rings is 1. The molecule has 0 heterocycles. The fourth-order valence-corrected chi connectivity index (χ4v) is 1.72. The van der Waals surface area contributed by atoms with E-state index in [9.17, 15) is 4.79 Å². The number of amides is 1. The third-order valence-corrected chi connectivity index (χ3v) is 2.64. The van der Waals surface area contributed by atoms with Gasteiger partial charge < -0.3 is 20.2 Å². The number of rotatable bonds is 6. The summed E-state index contributed by atoms with van der Waals surface area (Å²) in [5.41, 5.74) is 1.01. The number of hydrogen-bond acceptors (Lipinski definition) is 4. The van der Waals surface area contributed by atoms with Crippen LogP contribution in [0.5, 0.6) is 0 Å². The molecule has 0 saturated carbocycles. The van der Waals surface area contributed by atoms with E-state index in [1.165, 1.54) is 4.90 Å². The highest BCUT2D eigenvalue weighted by molar-refractivity contribution is 5.96. The van der Waals surface area contributed by atoms with Gasteiger partial charge in [0.15, 0.2) is 0 Å². The van der Waals surface area contributed by atoms with E-state index in [0.29, 0.717) is 17.5 Å². The summed E-state index contributed by atoms with van der Waals surface area (Å²) >= 11 is 0. The van der Waals surface area contributed by atoms with Gasteiger partial charge >= 0.3 is 0 Å². The summed E-state index contributed by atoms with van der Waals surface area (Å²) < 4.78 is 0. The lowest BCUT2D eigenvalue weighted by molar-refractivity contribution is 0.0684. The first kappa shape index (κ1) is 16.2. The molecule has 1 rings (SSSR count). The maximum atomic E-state index is 12.4. The molecule has 0 radical (unpaired) electrons. The van der Waals surface area contributed by atoms with Crippen molar-refractivity contribution in [2.24, 2.45) is 0 Å². The van der Waals surface area contributed by atoms with Crippen LogP contribution in [0.3, 0.4) is 0 Å². The molecule has 5 heteroatoms. The Morgan fingerprint density at radius 2 is 1.70 bits per heavy atom. The van der Waals surface area contributed by atoms with Gasteiger partial charge in [0.05, 0.1) is 25.4 Å². The largest absolute Gasteiger partial charge is 0.395 e. The molecule has 20 heavy (non-hydrogen) atoms. The zero-order valence-corrected chi connectivity index (χ0v) is 11.2. The third kappa shape index (κ3) is 4.67. The molecule has 0 bridgehead atoms. The van der Waals surface area contributed by atoms with E-state index in [1.54, 1.807) is 24.3 Å². The van der Waals surface area contributed by atoms with Crippen molar-refractivity contribution in [1.82, 2.24) is 4.90 Å². The second-order valence-corrected chi connectivity index (χ2v) is 4.06. The van der Waals surface area contributed by atoms with Crippen LogP contribution in [0.15, 0.2) is 24.3 Å². The lowest BCUT2D eigenvalue weighted by Crippen LogP contribution is -2.36. The maximum Gasteiger partial charge on any atom is 0.255 e. The van der Waals surface area contributed by atoms with Gasteiger partial charge in [-0.1, -0.05) is 24.0 Å². The van der Waals surface area contributed by atoms with E-state index in [-0.39, 0.29) is 38.8 Å². The van der Waals surface area contributed by atoms with Gasteiger partial charge in [-0.25, -0.2) is 0 Å². The molecular formula is C15H19NO4. The Morgan fingerprint density at radius 3 is 2.30 bits per heavy atom. The van der Waals surface area contributed by atoms with Crippen LogP contribution in [0.4, 0.5) is 0 Å². The van der Waals surface area contributed by atoms with Gasteiger partial charge in [0.2, 0.25) is 0 Å². The highest BCUT2D eigenvalue weighted by atomic mass is 16.3. The minimum atomic E-state index is -0.276. The fourth-order valence-electron chi connectivity index (χ4n) is 1.72. The molecule has 0 saturated heterocycles. The van der Waals surface area contributed by atoms with E-state index in [4.69, 9.17) is 15.3 Å². The van der Waals surface area contributed by atoms with E-state index in [0.717, 1.165) is 0 Å². The van der Waals surface area contributed by atoms with Crippen LogP contribution in [0.1, 0.15) is 22.3 Å². The molecule has 1 aromatic carbocycles. The van der Waals surface area contributed by atoms with Crippen molar-refractivity contribution >= 4 is 5.91 Å². The summed E-state index contributed by atoms with van der Waals surface area (Å²) in [5.74, 6) is 5.36. The minimum Gasteiger partial charge on any atom is -0.395 e. The number of nitrogens with zero attached hydrogens (tertiary/aromatic N) is 1. The second kappa shape index (κ2) is 9.10. The number of carbonyl (C=O) groups excluding carboxylic acids is 1. The lowest BCUT2D eigenvalue weighted by atomic mass is 10.1. The average molecular weight is 277 g/mol. The summed E-state index contributed by atoms with van der Waals surface area (Å²) in [5, 5.41) is 26.7. The summed E-state index contributed by atoms with van der Waals surface area (Å²) in [6, 6.07) is 6.91. The molecule has 0 aliphatic heterocycles. The van der Waals surface area contributed by atoms with Crippen LogP contribution in [0, 0.1) is 11.8 Å². The molecule has 0 spiro atoms. The first-order chi connectivity index (χ1) is 9.74. The van der Waals surface area contributed by atoms with Crippen LogP contribution in [-0.4, -0.2) is 59.0 Å². The number of hydrogen-bond donors (Lipinski definition) is 3. The summed E-state index contributed by atoms with van der Waals surface area (Å²) in [4.78, 5) is 13.7. The average Bonchev–Trinajstić information content (AvgIpc) is 2.47. The molecule has 3 N–H and O–H groups in total. The highest BCUT2D eigenvalue weighted by Gasteiger charge is 2.17. The van der Waals surface area contributed by atoms with Gasteiger partial charge in [0.25, 0.3) is 5.91 Å². The second-order valence-electron chi connectivity index (χ2n) is 4.06. The minimum absolute atomic E-state index is 0.0235. The van der Waals surface area contributed by atoms with E-state index in [1.807, 2.05) is 0 Å². The maximum absolute atomic E-state index is 12.4. The van der Waals surface area contributed by atoms with Crippen LogP contribution >= 0.6 is 0 Å². The Hall–Kier alpha value is -1.87. The lowest BCUT2D eigenvalue weighted by Gasteiger charge is -2.21. The quantitative estimate of drug-likeness (QED) is 0.632. The van der Waals surface area contributed by atoms with Gasteiger partial charge in [-0.2, -0.15) is 0 Å². The molecule has 1 amide bonds. The topological polar surface area (TPSA) is 81.0 Å². The predicted octanol–water partition coefficient (Wildman–Crippen LogP) is -0.153. The smallest absolute Gasteiger partial charge is 0.255 e. The first-order valence-corrected chi connectivity index (χ1v) is 6.44. The Bertz CT molecular complexity index is 484. The highest BCUT2D eigenvalue weighted by Crippen LogP contribution is 2.11. The normalized spacial score (nSPS) is 9.75. The molecule has 0 aliphatic rings. The van der Waals surface area contributed by atoms with Gasteiger partial charge in [-0.3, -0.25) is 4.79 Å². The summed E-state index contributed by atoms with van der Waals surface area (Å²) in [6.45, 7) is -0.0198. The molecular weight excluding hydrogens is 258 g/mol. The van der Waals surface area contributed by atoms with Gasteiger partial charge in [-0.05, 0) is 12.1 Å². The first-order valence-electron chi connectivity index (χ1n) is 6.44. The van der Waals surface area contributed by atoms with Crippen molar-refractivity contribution in [3.63, 3.8) is 0 Å². The van der Waals surface area contributed by atoms with Crippen molar-refractivity contribution in [2.45, 2.75) is 6.42 Å². The van der Waals surface area contributed by atoms with Crippen molar-refractivity contribution in [1.29, 1.82) is 0 Å². The molecule has 0 atom stereocenters. The van der Waals surface area contributed by atoms with Crippen molar-refractivity contribution in [3.8, 4) is 11.8 Å². The number of carbonyl (C=O) groups is 1. The molecule has 0 fully saturated rings. The molecule has 108 valence electrons. The van der Waals surface area contributed by atoms with Gasteiger partial charge in [-0.15, -0.1) is 0 Å². The number of aliphatic hydroxyl groups excluding tert-OH is 3. The Kier molecular flexibility index (Phi) is 7.36. The van der Waals surface area contributed by atoms with Crippen LogP contribution in [-0.2, 0) is 0 Å². The van der Waals surface area contributed by atoms with Crippen molar-refractivity contribution in [2.75, 3.05) is 32.9 Å². The molecule has 1 aromatic rings. The zero-order valence-electron chi connectivity index (χ0n) is 11.2. The van der Waals surface area contributed by atoms with E-state index < -0.39 is 0 Å². The fraction of sp³-hybridized carbons (Fsp3) is 0.400.